The molecule has 5 aromatic rings. The molecule has 1 atom stereocenters. The Morgan fingerprint density at radius 1 is 0.787 bits per heavy atom. The Kier molecular flexibility index (Phi) is 8.45. The van der Waals surface area contributed by atoms with E-state index in [1.807, 2.05) is 13.8 Å². The lowest BCUT2D eigenvalue weighted by Crippen LogP contribution is -2.15. The number of carbonyl (C=O) groups is 1. The van der Waals surface area contributed by atoms with Gasteiger partial charge in [-0.2, -0.15) is 0 Å². The van der Waals surface area contributed by atoms with Crippen molar-refractivity contribution < 1.29 is 9.53 Å². The first-order valence-electron chi connectivity index (χ1n) is 17.5. The lowest BCUT2D eigenvalue weighted by atomic mass is 9.78. The second kappa shape index (κ2) is 12.8. The lowest BCUT2D eigenvalue weighted by Gasteiger charge is -2.25. The van der Waals surface area contributed by atoms with E-state index in [0.29, 0.717) is 11.8 Å². The Morgan fingerprint density at radius 2 is 1.38 bits per heavy atom. The van der Waals surface area contributed by atoms with E-state index in [2.05, 4.69) is 117 Å². The first-order chi connectivity index (χ1) is 23.1. The minimum absolute atomic E-state index is 0.235. The standard InChI is InChI=1S/C43H38O2.C2H6/c1-4-29-32-18-8-7-16-30(32)26(2)38(29)39(28-24-25-28)42(43(44)45-3)41-36-21-11-9-19-34(36)40(35-20-10-12-22-37(35)41)33-23-13-15-27-14-5-6-17-31(27)33;1-2/h5-7,9-17,19-23,28-29H,4,8,18,24-25H2,1-3H3;1-2H3/b42-39-;. The third-order valence-corrected chi connectivity index (χ3v) is 10.4. The van der Waals surface area contributed by atoms with Gasteiger partial charge in [0.2, 0.25) is 0 Å². The summed E-state index contributed by atoms with van der Waals surface area (Å²) in [5.74, 6) is 0.465. The molecule has 2 nitrogen and oxygen atoms in total. The van der Waals surface area contributed by atoms with Crippen LogP contribution in [0.25, 0.3) is 49.0 Å². The average Bonchev–Trinajstić information content (AvgIpc) is 3.94. The second-order valence-electron chi connectivity index (χ2n) is 12.8. The number of methoxy groups -OCH3 is 1. The van der Waals surface area contributed by atoms with Crippen molar-refractivity contribution >= 4 is 43.9 Å². The van der Waals surface area contributed by atoms with E-state index in [-0.39, 0.29) is 5.97 Å². The summed E-state index contributed by atoms with van der Waals surface area (Å²) < 4.78 is 5.73. The van der Waals surface area contributed by atoms with Crippen molar-refractivity contribution in [2.75, 3.05) is 7.11 Å². The summed E-state index contributed by atoms with van der Waals surface area (Å²) in [6, 6.07) is 32.5. The average molecular weight is 617 g/mol. The maximum absolute atomic E-state index is 14.3. The van der Waals surface area contributed by atoms with Gasteiger partial charge in [-0.25, -0.2) is 4.79 Å². The molecule has 3 aliphatic rings. The van der Waals surface area contributed by atoms with Crippen molar-refractivity contribution in [3.63, 3.8) is 0 Å². The normalized spacial score (nSPS) is 17.9. The first kappa shape index (κ1) is 30.9. The lowest BCUT2D eigenvalue weighted by molar-refractivity contribution is -0.133. The largest absolute Gasteiger partial charge is 0.465 e. The van der Waals surface area contributed by atoms with Crippen molar-refractivity contribution in [3.05, 3.63) is 137 Å². The van der Waals surface area contributed by atoms with E-state index >= 15 is 0 Å². The topological polar surface area (TPSA) is 26.3 Å². The monoisotopic (exact) mass is 616 g/mol. The molecule has 0 spiro atoms. The number of ether oxygens (including phenoxy) is 1. The fraction of sp³-hybridized carbons (Fsp3) is 0.267. The summed E-state index contributed by atoms with van der Waals surface area (Å²) in [5, 5.41) is 6.96. The molecule has 1 saturated carbocycles. The minimum Gasteiger partial charge on any atom is -0.465 e. The molecule has 0 radical (unpaired) electrons. The molecule has 0 N–H and O–H groups in total. The number of esters is 1. The number of fused-ring (bicyclic) bond motifs is 3. The molecule has 8 rings (SSSR count). The van der Waals surface area contributed by atoms with Crippen molar-refractivity contribution in [2.45, 2.75) is 59.8 Å². The zero-order valence-electron chi connectivity index (χ0n) is 28.3. The summed E-state index contributed by atoms with van der Waals surface area (Å²) in [4.78, 5) is 14.3. The number of benzene rings is 5. The van der Waals surface area contributed by atoms with Gasteiger partial charge in [0.1, 0.15) is 0 Å². The molecule has 0 saturated heterocycles. The van der Waals surface area contributed by atoms with E-state index in [0.717, 1.165) is 64.8 Å². The highest BCUT2D eigenvalue weighted by Gasteiger charge is 2.41. The van der Waals surface area contributed by atoms with Gasteiger partial charge in [-0.05, 0) is 111 Å². The Hall–Kier alpha value is -4.69. The molecule has 1 fully saturated rings. The first-order valence-corrected chi connectivity index (χ1v) is 17.5. The number of allylic oxidation sites excluding steroid dienone is 7. The molecule has 0 amide bonds. The van der Waals surface area contributed by atoms with Gasteiger partial charge in [-0.1, -0.05) is 129 Å². The van der Waals surface area contributed by atoms with Gasteiger partial charge in [0.05, 0.1) is 12.7 Å². The van der Waals surface area contributed by atoms with Gasteiger partial charge < -0.3 is 4.74 Å². The van der Waals surface area contributed by atoms with Gasteiger partial charge in [0.15, 0.2) is 0 Å². The zero-order chi connectivity index (χ0) is 32.7. The predicted molar refractivity (Wildman–Crippen MR) is 199 cm³/mol. The molecule has 2 heteroatoms. The molecule has 0 bridgehead atoms. The highest BCUT2D eigenvalue weighted by molar-refractivity contribution is 6.30. The smallest absolute Gasteiger partial charge is 0.338 e. The highest BCUT2D eigenvalue weighted by atomic mass is 16.5. The number of rotatable bonds is 6. The van der Waals surface area contributed by atoms with E-state index in [1.54, 1.807) is 12.7 Å². The Balaban J connectivity index is 0.00000172. The van der Waals surface area contributed by atoms with Crippen LogP contribution in [0.5, 0.6) is 0 Å². The van der Waals surface area contributed by atoms with Crippen LogP contribution >= 0.6 is 0 Å². The van der Waals surface area contributed by atoms with E-state index in [9.17, 15) is 4.79 Å². The van der Waals surface area contributed by atoms with E-state index < -0.39 is 0 Å². The summed E-state index contributed by atoms with van der Waals surface area (Å²) in [6.45, 7) is 8.59. The molecule has 5 aromatic carbocycles. The van der Waals surface area contributed by atoms with Crippen LogP contribution in [-0.2, 0) is 9.53 Å². The Bertz CT molecular complexity index is 2100. The van der Waals surface area contributed by atoms with Crippen molar-refractivity contribution in [2.24, 2.45) is 11.8 Å². The molecule has 3 aliphatic carbocycles. The maximum atomic E-state index is 14.3. The summed E-state index contributed by atoms with van der Waals surface area (Å²) in [6.07, 6.45) is 10.1. The Labute approximate surface area is 279 Å². The summed E-state index contributed by atoms with van der Waals surface area (Å²) >= 11 is 0. The maximum Gasteiger partial charge on any atom is 0.338 e. The van der Waals surface area contributed by atoms with Crippen molar-refractivity contribution in [1.82, 2.24) is 0 Å². The van der Waals surface area contributed by atoms with Crippen LogP contribution in [-0.4, -0.2) is 13.1 Å². The SMILES string of the molecule is CC.CCC1C2=C(C=CCC2)C(C)=C1/C(=C(\C(=O)OC)c1c2ccccc2c(-c2cccc3ccccc23)c2ccccc12)C1CC1. The number of hydrogen-bond donors (Lipinski definition) is 0. The third-order valence-electron chi connectivity index (χ3n) is 10.4. The van der Waals surface area contributed by atoms with Crippen molar-refractivity contribution in [1.29, 1.82) is 0 Å². The quantitative estimate of drug-likeness (QED) is 0.108. The van der Waals surface area contributed by atoms with Crippen LogP contribution in [0.1, 0.15) is 65.4 Å². The fourth-order valence-electron chi connectivity index (χ4n) is 8.34. The minimum atomic E-state index is -0.235. The third kappa shape index (κ3) is 5.06. The van der Waals surface area contributed by atoms with E-state index in [1.165, 1.54) is 44.2 Å². The summed E-state index contributed by atoms with van der Waals surface area (Å²) in [5.41, 5.74) is 11.1. The van der Waals surface area contributed by atoms with Crippen LogP contribution in [0.4, 0.5) is 0 Å². The van der Waals surface area contributed by atoms with E-state index in [4.69, 9.17) is 4.74 Å². The molecule has 0 heterocycles. The molecule has 0 aromatic heterocycles. The molecule has 1 unspecified atom stereocenters. The molecule has 47 heavy (non-hydrogen) atoms. The van der Waals surface area contributed by atoms with Gasteiger partial charge in [0, 0.05) is 11.5 Å². The van der Waals surface area contributed by atoms with Crippen LogP contribution in [0, 0.1) is 11.8 Å². The van der Waals surface area contributed by atoms with Crippen LogP contribution in [0.15, 0.2) is 131 Å². The fourth-order valence-corrected chi connectivity index (χ4v) is 8.34. The van der Waals surface area contributed by atoms with Crippen molar-refractivity contribution in [3.8, 4) is 11.1 Å². The molecule has 236 valence electrons. The number of carbonyl (C=O) groups excluding carboxylic acids is 1. The predicted octanol–water partition coefficient (Wildman–Crippen LogP) is 12.2. The van der Waals surface area contributed by atoms with Crippen LogP contribution in [0.3, 0.4) is 0 Å². The van der Waals surface area contributed by atoms with Crippen LogP contribution in [0.2, 0.25) is 0 Å². The molecular weight excluding hydrogens is 572 g/mol. The van der Waals surface area contributed by atoms with Gasteiger partial charge >= 0.3 is 5.97 Å². The highest BCUT2D eigenvalue weighted by Crippen LogP contribution is 2.55. The number of hydrogen-bond acceptors (Lipinski definition) is 2. The van der Waals surface area contributed by atoms with Gasteiger partial charge in [-0.3, -0.25) is 0 Å². The molecular formula is C45H44O2. The summed E-state index contributed by atoms with van der Waals surface area (Å²) in [7, 11) is 1.54. The second-order valence-corrected chi connectivity index (χ2v) is 12.8. The zero-order valence-corrected chi connectivity index (χ0v) is 28.3. The van der Waals surface area contributed by atoms with Gasteiger partial charge in [-0.15, -0.1) is 0 Å². The molecule has 0 aliphatic heterocycles. The van der Waals surface area contributed by atoms with Gasteiger partial charge in [0.25, 0.3) is 0 Å². The Morgan fingerprint density at radius 3 is 2.00 bits per heavy atom. The van der Waals surface area contributed by atoms with Crippen LogP contribution < -0.4 is 0 Å².